The summed E-state index contributed by atoms with van der Waals surface area (Å²) in [6, 6.07) is 1.87. The summed E-state index contributed by atoms with van der Waals surface area (Å²) in [4.78, 5) is 11.2. The number of nitrogens with one attached hydrogen (secondary N) is 1. The molecule has 1 aromatic rings. The molecule has 0 aliphatic heterocycles. The summed E-state index contributed by atoms with van der Waals surface area (Å²) in [5.74, 6) is 0.850. The fraction of sp³-hybridized carbons (Fsp3) is 0.455. The van der Waals surface area contributed by atoms with Gasteiger partial charge in [-0.1, -0.05) is 11.2 Å². The number of allylic oxidation sites excluding steroid dienone is 1. The zero-order chi connectivity index (χ0) is 11.1. The van der Waals surface area contributed by atoms with Gasteiger partial charge in [0.25, 0.3) is 0 Å². The van der Waals surface area contributed by atoms with Crippen LogP contribution in [0.2, 0.25) is 0 Å². The van der Waals surface area contributed by atoms with Crippen LogP contribution in [0.5, 0.6) is 0 Å². The van der Waals surface area contributed by atoms with E-state index in [1.54, 1.807) is 6.08 Å². The summed E-state index contributed by atoms with van der Waals surface area (Å²) in [6.07, 6.45) is 3.63. The fourth-order valence-electron chi connectivity index (χ4n) is 1.18. The Kier molecular flexibility index (Phi) is 4.60. The monoisotopic (exact) mass is 208 g/mol. The van der Waals surface area contributed by atoms with Crippen molar-refractivity contribution in [2.24, 2.45) is 0 Å². The third-order valence-electron chi connectivity index (χ3n) is 1.95. The van der Waals surface area contributed by atoms with E-state index in [0.29, 0.717) is 25.8 Å². The Morgan fingerprint density at radius 2 is 2.53 bits per heavy atom. The highest BCUT2D eigenvalue weighted by atomic mass is 16.5. The van der Waals surface area contributed by atoms with E-state index in [2.05, 4.69) is 17.1 Å². The highest BCUT2D eigenvalue weighted by Crippen LogP contribution is 2.01. The molecule has 4 heteroatoms. The summed E-state index contributed by atoms with van der Waals surface area (Å²) >= 11 is 0. The summed E-state index contributed by atoms with van der Waals surface area (Å²) in [6.45, 7) is 6.02. The maximum Gasteiger partial charge on any atom is 0.220 e. The Morgan fingerprint density at radius 1 is 1.73 bits per heavy atom. The van der Waals surface area contributed by atoms with Crippen LogP contribution in [0.25, 0.3) is 0 Å². The Balaban J connectivity index is 2.16. The maximum absolute atomic E-state index is 11.2. The van der Waals surface area contributed by atoms with Crippen molar-refractivity contribution >= 4 is 5.91 Å². The van der Waals surface area contributed by atoms with E-state index >= 15 is 0 Å². The predicted octanol–water partition coefficient (Wildman–Crippen LogP) is 1.61. The lowest BCUT2D eigenvalue weighted by Gasteiger charge is -2.01. The highest BCUT2D eigenvalue weighted by Gasteiger charge is 2.02. The smallest absolute Gasteiger partial charge is 0.220 e. The fourth-order valence-corrected chi connectivity index (χ4v) is 1.18. The Hall–Kier alpha value is -1.58. The molecule has 0 aliphatic carbocycles. The Bertz CT molecular complexity index is 331. The molecule has 1 rings (SSSR count). The first-order valence-electron chi connectivity index (χ1n) is 5.02. The van der Waals surface area contributed by atoms with Crippen molar-refractivity contribution in [1.82, 2.24) is 10.5 Å². The van der Waals surface area contributed by atoms with Gasteiger partial charge < -0.3 is 9.84 Å². The first kappa shape index (κ1) is 11.5. The van der Waals surface area contributed by atoms with Crippen LogP contribution in [0.4, 0.5) is 0 Å². The molecule has 0 spiro atoms. The minimum Gasteiger partial charge on any atom is -0.361 e. The second kappa shape index (κ2) is 6.01. The van der Waals surface area contributed by atoms with Gasteiger partial charge in [0.05, 0.1) is 5.69 Å². The normalized spacial score (nSPS) is 9.93. The number of nitrogens with zero attached hydrogens (tertiary/aromatic N) is 1. The van der Waals surface area contributed by atoms with Gasteiger partial charge in [-0.15, -0.1) is 6.58 Å². The molecular formula is C11H16N2O2. The first-order chi connectivity index (χ1) is 7.22. The van der Waals surface area contributed by atoms with Crippen molar-refractivity contribution in [1.29, 1.82) is 0 Å². The van der Waals surface area contributed by atoms with Gasteiger partial charge in [0.1, 0.15) is 5.76 Å². The van der Waals surface area contributed by atoms with Crippen LogP contribution < -0.4 is 5.32 Å². The van der Waals surface area contributed by atoms with Gasteiger partial charge in [0.2, 0.25) is 5.91 Å². The molecule has 0 bridgehead atoms. The number of hydrogen-bond acceptors (Lipinski definition) is 3. The van der Waals surface area contributed by atoms with Gasteiger partial charge in [0.15, 0.2) is 0 Å². The van der Waals surface area contributed by atoms with Gasteiger partial charge in [-0.2, -0.15) is 0 Å². The number of carbonyl (C=O) groups excluding carboxylic acids is 1. The van der Waals surface area contributed by atoms with Gasteiger partial charge in [-0.3, -0.25) is 4.79 Å². The maximum atomic E-state index is 11.2. The molecule has 0 aromatic carbocycles. The summed E-state index contributed by atoms with van der Waals surface area (Å²) in [5.41, 5.74) is 0.864. The van der Waals surface area contributed by atoms with E-state index in [1.807, 2.05) is 13.0 Å². The average molecular weight is 208 g/mol. The van der Waals surface area contributed by atoms with E-state index in [1.165, 1.54) is 0 Å². The van der Waals surface area contributed by atoms with E-state index < -0.39 is 0 Å². The van der Waals surface area contributed by atoms with Gasteiger partial charge in [-0.05, 0) is 13.3 Å². The molecule has 0 radical (unpaired) electrons. The van der Waals surface area contributed by atoms with E-state index in [4.69, 9.17) is 4.52 Å². The number of rotatable bonds is 6. The molecule has 0 fully saturated rings. The lowest BCUT2D eigenvalue weighted by molar-refractivity contribution is -0.120. The summed E-state index contributed by atoms with van der Waals surface area (Å²) in [5, 5.41) is 6.56. The van der Waals surface area contributed by atoms with Crippen LogP contribution in [-0.4, -0.2) is 17.6 Å². The van der Waals surface area contributed by atoms with E-state index in [9.17, 15) is 4.79 Å². The van der Waals surface area contributed by atoms with E-state index in [-0.39, 0.29) is 5.91 Å². The molecule has 1 aromatic heterocycles. The second-order valence-corrected chi connectivity index (χ2v) is 3.36. The van der Waals surface area contributed by atoms with Crippen molar-refractivity contribution in [3.8, 4) is 0 Å². The summed E-state index contributed by atoms with van der Waals surface area (Å²) < 4.78 is 5.01. The molecule has 0 atom stereocenters. The van der Waals surface area contributed by atoms with Crippen LogP contribution >= 0.6 is 0 Å². The van der Waals surface area contributed by atoms with E-state index in [0.717, 1.165) is 11.5 Å². The largest absolute Gasteiger partial charge is 0.361 e. The minimum atomic E-state index is 0.0473. The van der Waals surface area contributed by atoms with Crippen molar-refractivity contribution in [2.75, 3.05) is 6.54 Å². The molecule has 1 heterocycles. The Labute approximate surface area is 89.3 Å². The zero-order valence-electron chi connectivity index (χ0n) is 8.95. The van der Waals surface area contributed by atoms with Crippen molar-refractivity contribution in [3.05, 3.63) is 30.2 Å². The van der Waals surface area contributed by atoms with Crippen LogP contribution in [0.3, 0.4) is 0 Å². The molecule has 0 aliphatic rings. The predicted molar refractivity (Wildman–Crippen MR) is 57.4 cm³/mol. The van der Waals surface area contributed by atoms with Gasteiger partial charge in [-0.25, -0.2) is 0 Å². The third kappa shape index (κ3) is 4.44. The zero-order valence-corrected chi connectivity index (χ0v) is 8.95. The molecule has 0 saturated carbocycles. The SMILES string of the molecule is C=CCCC(=O)NCCc1cc(C)no1. The summed E-state index contributed by atoms with van der Waals surface area (Å²) in [7, 11) is 0. The lowest BCUT2D eigenvalue weighted by atomic mass is 10.2. The van der Waals surface area contributed by atoms with Crippen molar-refractivity contribution < 1.29 is 9.32 Å². The number of amides is 1. The molecule has 0 unspecified atom stereocenters. The van der Waals surface area contributed by atoms with Gasteiger partial charge in [0, 0.05) is 25.5 Å². The van der Waals surface area contributed by atoms with Crippen LogP contribution in [-0.2, 0) is 11.2 Å². The molecule has 1 N–H and O–H groups in total. The molecule has 0 saturated heterocycles. The minimum absolute atomic E-state index is 0.0473. The first-order valence-corrected chi connectivity index (χ1v) is 5.02. The van der Waals surface area contributed by atoms with Crippen LogP contribution in [0, 0.1) is 6.92 Å². The molecule has 82 valence electrons. The molecular weight excluding hydrogens is 192 g/mol. The highest BCUT2D eigenvalue weighted by molar-refractivity contribution is 5.75. The van der Waals surface area contributed by atoms with Crippen LogP contribution in [0.1, 0.15) is 24.3 Å². The second-order valence-electron chi connectivity index (χ2n) is 3.36. The number of carbonyl (C=O) groups is 1. The molecule has 15 heavy (non-hydrogen) atoms. The van der Waals surface area contributed by atoms with Crippen molar-refractivity contribution in [2.45, 2.75) is 26.2 Å². The third-order valence-corrected chi connectivity index (χ3v) is 1.95. The average Bonchev–Trinajstić information content (AvgIpc) is 2.61. The van der Waals surface area contributed by atoms with Crippen molar-refractivity contribution in [3.63, 3.8) is 0 Å². The standard InChI is InChI=1S/C11H16N2O2/c1-3-4-5-11(14)12-7-6-10-8-9(2)13-15-10/h3,8H,1,4-7H2,2H3,(H,12,14). The van der Waals surface area contributed by atoms with Crippen LogP contribution in [0.15, 0.2) is 23.2 Å². The number of hydrogen-bond donors (Lipinski definition) is 1. The number of aryl methyl sites for hydroxylation is 1. The quantitative estimate of drug-likeness (QED) is 0.722. The molecule has 4 nitrogen and oxygen atoms in total. The number of aromatic nitrogens is 1. The Morgan fingerprint density at radius 3 is 3.13 bits per heavy atom. The molecule has 1 amide bonds. The topological polar surface area (TPSA) is 55.1 Å². The van der Waals surface area contributed by atoms with Gasteiger partial charge >= 0.3 is 0 Å². The lowest BCUT2D eigenvalue weighted by Crippen LogP contribution is -2.25.